The SMILES string of the molecule is C=CC(=O)OCCOc1cc(-c2ccc(-c3ccc(C)cc3)cc2F)ccc1CCO. The molecule has 0 spiro atoms. The third-order valence-electron chi connectivity index (χ3n) is 4.87. The Morgan fingerprint density at radius 2 is 1.71 bits per heavy atom. The average Bonchev–Trinajstić information content (AvgIpc) is 2.78. The zero-order valence-corrected chi connectivity index (χ0v) is 17.4. The molecule has 0 unspecified atom stereocenters. The van der Waals surface area contributed by atoms with Crippen LogP contribution in [0.3, 0.4) is 0 Å². The second-order valence-electron chi connectivity index (χ2n) is 7.08. The monoisotopic (exact) mass is 420 g/mol. The fourth-order valence-corrected chi connectivity index (χ4v) is 3.21. The van der Waals surface area contributed by atoms with Crippen LogP contribution in [0.25, 0.3) is 22.3 Å². The van der Waals surface area contributed by atoms with Crippen LogP contribution in [-0.2, 0) is 16.0 Å². The van der Waals surface area contributed by atoms with E-state index in [0.717, 1.165) is 28.3 Å². The highest BCUT2D eigenvalue weighted by atomic mass is 19.1. The summed E-state index contributed by atoms with van der Waals surface area (Å²) in [7, 11) is 0. The number of hydrogen-bond acceptors (Lipinski definition) is 4. The first-order valence-corrected chi connectivity index (χ1v) is 10.0. The van der Waals surface area contributed by atoms with E-state index in [1.807, 2.05) is 43.3 Å². The van der Waals surface area contributed by atoms with E-state index in [4.69, 9.17) is 9.47 Å². The van der Waals surface area contributed by atoms with Crippen LogP contribution in [0.15, 0.2) is 73.3 Å². The van der Waals surface area contributed by atoms with E-state index in [0.29, 0.717) is 23.3 Å². The van der Waals surface area contributed by atoms with Gasteiger partial charge < -0.3 is 14.6 Å². The third-order valence-corrected chi connectivity index (χ3v) is 4.87. The minimum Gasteiger partial charge on any atom is -0.490 e. The van der Waals surface area contributed by atoms with E-state index in [2.05, 4.69) is 6.58 Å². The standard InChI is InChI=1S/C26H25FO4/c1-3-26(29)31-15-14-30-25-17-22(9-8-20(25)12-13-28)23-11-10-21(16-24(23)27)19-6-4-18(2)5-7-19/h3-11,16-17,28H,1,12-15H2,2H3. The minimum absolute atomic E-state index is 0.0409. The molecular weight excluding hydrogens is 395 g/mol. The van der Waals surface area contributed by atoms with E-state index in [9.17, 15) is 14.3 Å². The highest BCUT2D eigenvalue weighted by Crippen LogP contribution is 2.32. The van der Waals surface area contributed by atoms with Crippen LogP contribution < -0.4 is 4.74 Å². The van der Waals surface area contributed by atoms with Gasteiger partial charge in [-0.15, -0.1) is 0 Å². The molecule has 160 valence electrons. The molecule has 0 amide bonds. The molecule has 0 aromatic heterocycles. The second-order valence-corrected chi connectivity index (χ2v) is 7.08. The lowest BCUT2D eigenvalue weighted by Gasteiger charge is -2.14. The molecule has 3 aromatic carbocycles. The number of ether oxygens (including phenoxy) is 2. The van der Waals surface area contributed by atoms with Gasteiger partial charge in [-0.2, -0.15) is 0 Å². The van der Waals surface area contributed by atoms with Crippen LogP contribution >= 0.6 is 0 Å². The van der Waals surface area contributed by atoms with Gasteiger partial charge in [0, 0.05) is 18.2 Å². The van der Waals surface area contributed by atoms with Gasteiger partial charge in [-0.1, -0.05) is 60.7 Å². The van der Waals surface area contributed by atoms with E-state index >= 15 is 0 Å². The Labute approximate surface area is 181 Å². The highest BCUT2D eigenvalue weighted by molar-refractivity contribution is 5.81. The molecule has 0 heterocycles. The summed E-state index contributed by atoms with van der Waals surface area (Å²) in [4.78, 5) is 11.1. The van der Waals surface area contributed by atoms with Crippen molar-refractivity contribution in [3.63, 3.8) is 0 Å². The van der Waals surface area contributed by atoms with Crippen LogP contribution in [0, 0.1) is 12.7 Å². The molecule has 0 aliphatic rings. The minimum atomic E-state index is -0.524. The quantitative estimate of drug-likeness (QED) is 0.297. The summed E-state index contributed by atoms with van der Waals surface area (Å²) in [5.74, 6) is -0.342. The number of aliphatic hydroxyl groups is 1. The Bertz CT molecular complexity index is 1060. The normalized spacial score (nSPS) is 10.5. The van der Waals surface area contributed by atoms with Crippen LogP contribution in [0.4, 0.5) is 4.39 Å². The van der Waals surface area contributed by atoms with Gasteiger partial charge in [0.25, 0.3) is 0 Å². The zero-order valence-electron chi connectivity index (χ0n) is 17.4. The van der Waals surface area contributed by atoms with Crippen molar-refractivity contribution in [1.29, 1.82) is 0 Å². The van der Waals surface area contributed by atoms with E-state index in [-0.39, 0.29) is 25.6 Å². The third kappa shape index (κ3) is 5.80. The number of hydrogen-bond donors (Lipinski definition) is 1. The molecule has 0 fully saturated rings. The lowest BCUT2D eigenvalue weighted by atomic mass is 9.97. The molecule has 0 aliphatic heterocycles. The lowest BCUT2D eigenvalue weighted by Crippen LogP contribution is -2.11. The largest absolute Gasteiger partial charge is 0.490 e. The van der Waals surface area contributed by atoms with Crippen molar-refractivity contribution in [1.82, 2.24) is 0 Å². The summed E-state index contributed by atoms with van der Waals surface area (Å²) < 4.78 is 25.6. The molecule has 0 bridgehead atoms. The van der Waals surface area contributed by atoms with Crippen molar-refractivity contribution in [3.05, 3.63) is 90.3 Å². The zero-order chi connectivity index (χ0) is 22.2. The Hall–Kier alpha value is -3.44. The van der Waals surface area contributed by atoms with Crippen molar-refractivity contribution < 1.29 is 23.8 Å². The van der Waals surface area contributed by atoms with E-state index in [1.165, 1.54) is 6.07 Å². The number of carbonyl (C=O) groups is 1. The van der Waals surface area contributed by atoms with E-state index in [1.54, 1.807) is 18.2 Å². The van der Waals surface area contributed by atoms with Crippen LogP contribution in [-0.4, -0.2) is 30.9 Å². The molecule has 0 radical (unpaired) electrons. The molecule has 31 heavy (non-hydrogen) atoms. The van der Waals surface area contributed by atoms with Crippen molar-refractivity contribution >= 4 is 5.97 Å². The van der Waals surface area contributed by atoms with Gasteiger partial charge in [0.15, 0.2) is 0 Å². The number of esters is 1. The molecule has 5 heteroatoms. The lowest BCUT2D eigenvalue weighted by molar-refractivity contribution is -0.138. The van der Waals surface area contributed by atoms with Crippen molar-refractivity contribution in [2.24, 2.45) is 0 Å². The Kier molecular flexibility index (Phi) is 7.57. The average molecular weight is 420 g/mol. The van der Waals surface area contributed by atoms with Crippen molar-refractivity contribution in [3.8, 4) is 28.0 Å². The van der Waals surface area contributed by atoms with Gasteiger partial charge in [0.1, 0.15) is 24.8 Å². The van der Waals surface area contributed by atoms with E-state index < -0.39 is 5.97 Å². The number of benzene rings is 3. The van der Waals surface area contributed by atoms with Gasteiger partial charge in [-0.25, -0.2) is 9.18 Å². The summed E-state index contributed by atoms with van der Waals surface area (Å²) in [6.45, 7) is 5.51. The molecule has 1 N–H and O–H groups in total. The predicted octanol–water partition coefficient (Wildman–Crippen LogP) is 5.11. The second kappa shape index (κ2) is 10.5. The molecule has 0 aliphatic carbocycles. The first kappa shape index (κ1) is 22.2. The van der Waals surface area contributed by atoms with Crippen LogP contribution in [0.2, 0.25) is 0 Å². The number of halogens is 1. The first-order chi connectivity index (χ1) is 15.0. The van der Waals surface area contributed by atoms with Gasteiger partial charge in [0.2, 0.25) is 0 Å². The highest BCUT2D eigenvalue weighted by Gasteiger charge is 2.12. The maximum absolute atomic E-state index is 15.0. The Balaban J connectivity index is 1.83. The Morgan fingerprint density at radius 3 is 2.39 bits per heavy atom. The molecule has 3 aromatic rings. The maximum Gasteiger partial charge on any atom is 0.330 e. The van der Waals surface area contributed by atoms with Gasteiger partial charge in [-0.3, -0.25) is 0 Å². The summed E-state index contributed by atoms with van der Waals surface area (Å²) in [5.41, 5.74) is 4.81. The molecule has 4 nitrogen and oxygen atoms in total. The molecular formula is C26H25FO4. The maximum atomic E-state index is 15.0. The first-order valence-electron chi connectivity index (χ1n) is 10.0. The summed E-state index contributed by atoms with van der Waals surface area (Å²) >= 11 is 0. The number of carbonyl (C=O) groups excluding carboxylic acids is 1. The summed E-state index contributed by atoms with van der Waals surface area (Å²) in [5, 5.41) is 9.31. The molecule has 0 saturated heterocycles. The molecule has 0 atom stereocenters. The van der Waals surface area contributed by atoms with Gasteiger partial charge in [0.05, 0.1) is 0 Å². The van der Waals surface area contributed by atoms with Crippen molar-refractivity contribution in [2.75, 3.05) is 19.8 Å². The van der Waals surface area contributed by atoms with Crippen LogP contribution in [0.1, 0.15) is 11.1 Å². The Morgan fingerprint density at radius 1 is 1.00 bits per heavy atom. The number of aliphatic hydroxyl groups excluding tert-OH is 1. The molecule has 3 rings (SSSR count). The number of rotatable bonds is 9. The fourth-order valence-electron chi connectivity index (χ4n) is 3.21. The number of aryl methyl sites for hydroxylation is 1. The fraction of sp³-hybridized carbons (Fsp3) is 0.192. The summed E-state index contributed by atoms with van der Waals surface area (Å²) in [6.07, 6.45) is 1.48. The predicted molar refractivity (Wildman–Crippen MR) is 119 cm³/mol. The van der Waals surface area contributed by atoms with Crippen LogP contribution in [0.5, 0.6) is 5.75 Å². The van der Waals surface area contributed by atoms with Crippen molar-refractivity contribution in [2.45, 2.75) is 13.3 Å². The molecule has 0 saturated carbocycles. The summed E-state index contributed by atoms with van der Waals surface area (Å²) in [6, 6.07) is 18.5. The van der Waals surface area contributed by atoms with Gasteiger partial charge in [-0.05, 0) is 47.7 Å². The smallest absolute Gasteiger partial charge is 0.330 e. The topological polar surface area (TPSA) is 55.8 Å². The van der Waals surface area contributed by atoms with Gasteiger partial charge >= 0.3 is 5.97 Å².